The van der Waals surface area contributed by atoms with Crippen LogP contribution in [0, 0.1) is 17.0 Å². The normalized spacial score (nSPS) is 25.1. The third-order valence-electron chi connectivity index (χ3n) is 8.88. The largest absolute Gasteiger partial charge is 0.489 e. The predicted molar refractivity (Wildman–Crippen MR) is 158 cm³/mol. The van der Waals surface area contributed by atoms with Crippen molar-refractivity contribution in [3.8, 4) is 16.9 Å². The van der Waals surface area contributed by atoms with Gasteiger partial charge in [-0.05, 0) is 57.0 Å². The molecule has 11 heteroatoms. The molecule has 6 rings (SSSR count). The minimum Gasteiger partial charge on any atom is -0.489 e. The maximum Gasteiger partial charge on any atom is 0.246 e. The van der Waals surface area contributed by atoms with Gasteiger partial charge in [0.05, 0.1) is 29.5 Å². The molecule has 2 bridgehead atoms. The number of rotatable bonds is 7. The lowest BCUT2D eigenvalue weighted by Gasteiger charge is -2.41. The fourth-order valence-corrected chi connectivity index (χ4v) is 6.99. The molecule has 4 heterocycles. The number of carbonyl (C=O) groups is 1. The van der Waals surface area contributed by atoms with Gasteiger partial charge in [-0.25, -0.2) is 8.78 Å². The van der Waals surface area contributed by atoms with E-state index in [1.807, 2.05) is 11.8 Å². The highest BCUT2D eigenvalue weighted by molar-refractivity contribution is 6.34. The third-order valence-corrected chi connectivity index (χ3v) is 9.18. The summed E-state index contributed by atoms with van der Waals surface area (Å²) < 4.78 is 40.8. The number of carbonyl (C=O) groups excluding carboxylic acids is 1. The molecule has 2 aromatic rings. The van der Waals surface area contributed by atoms with E-state index in [2.05, 4.69) is 16.8 Å². The van der Waals surface area contributed by atoms with Gasteiger partial charge in [0.15, 0.2) is 5.75 Å². The number of benzene rings is 2. The number of morpholine rings is 1. The van der Waals surface area contributed by atoms with E-state index >= 15 is 0 Å². The topological polar surface area (TPSA) is 81.1 Å². The zero-order chi connectivity index (χ0) is 29.5. The highest BCUT2D eigenvalue weighted by Crippen LogP contribution is 2.47. The van der Waals surface area contributed by atoms with Crippen molar-refractivity contribution in [2.24, 2.45) is 0 Å². The van der Waals surface area contributed by atoms with Crippen LogP contribution in [0.2, 0.25) is 5.02 Å². The van der Waals surface area contributed by atoms with Crippen LogP contribution in [-0.2, 0) is 9.53 Å². The molecule has 0 radical (unpaired) electrons. The second-order valence-electron chi connectivity index (χ2n) is 11.6. The predicted octanol–water partition coefficient (Wildman–Crippen LogP) is 4.76. The van der Waals surface area contributed by atoms with E-state index in [-0.39, 0.29) is 34.4 Å². The number of amidine groups is 1. The molecule has 8 nitrogen and oxygen atoms in total. The lowest BCUT2D eigenvalue weighted by molar-refractivity contribution is -0.128. The van der Waals surface area contributed by atoms with Gasteiger partial charge in [0, 0.05) is 61.0 Å². The summed E-state index contributed by atoms with van der Waals surface area (Å²) in [5.41, 5.74) is 1.57. The first-order valence-electron chi connectivity index (χ1n) is 14.6. The first-order valence-corrected chi connectivity index (χ1v) is 14.9. The molecule has 0 aromatic heterocycles. The van der Waals surface area contributed by atoms with Crippen LogP contribution >= 0.6 is 11.6 Å². The molecule has 0 saturated carbocycles. The fraction of sp³-hybridized carbons (Fsp3) is 0.484. The van der Waals surface area contributed by atoms with Gasteiger partial charge < -0.3 is 24.6 Å². The Bertz CT molecular complexity index is 1410. The van der Waals surface area contributed by atoms with Crippen molar-refractivity contribution in [1.29, 1.82) is 5.41 Å². The van der Waals surface area contributed by atoms with Crippen molar-refractivity contribution < 1.29 is 23.0 Å². The molecule has 4 atom stereocenters. The van der Waals surface area contributed by atoms with E-state index in [9.17, 15) is 19.0 Å². The van der Waals surface area contributed by atoms with Crippen LogP contribution in [0.5, 0.6) is 5.75 Å². The molecular weight excluding hydrogens is 564 g/mol. The number of ether oxygens (including phenoxy) is 2. The third kappa shape index (κ3) is 5.47. The number of nitrogens with one attached hydrogen (secondary N) is 2. The minimum absolute atomic E-state index is 0.0216. The number of nitrogens with zero attached hydrogens (tertiary/aromatic N) is 3. The van der Waals surface area contributed by atoms with E-state index in [4.69, 9.17) is 21.1 Å². The van der Waals surface area contributed by atoms with Crippen LogP contribution < -0.4 is 10.1 Å². The highest BCUT2D eigenvalue weighted by Gasteiger charge is 2.39. The van der Waals surface area contributed by atoms with Crippen molar-refractivity contribution >= 4 is 29.0 Å². The van der Waals surface area contributed by atoms with Gasteiger partial charge in [-0.15, -0.1) is 0 Å². The van der Waals surface area contributed by atoms with Crippen molar-refractivity contribution in [1.82, 2.24) is 14.7 Å². The quantitative estimate of drug-likeness (QED) is 0.272. The monoisotopic (exact) mass is 599 g/mol. The van der Waals surface area contributed by atoms with Crippen LogP contribution in [0.3, 0.4) is 0 Å². The molecule has 4 aliphatic rings. The molecule has 4 aliphatic heterocycles. The fourth-order valence-electron chi connectivity index (χ4n) is 6.70. The summed E-state index contributed by atoms with van der Waals surface area (Å²) in [6, 6.07) is 5.41. The second-order valence-corrected chi connectivity index (χ2v) is 12.0. The molecule has 3 saturated heterocycles. The Morgan fingerprint density at radius 1 is 1.24 bits per heavy atom. The summed E-state index contributed by atoms with van der Waals surface area (Å²) in [6.07, 6.45) is 4.60. The summed E-state index contributed by atoms with van der Waals surface area (Å²) in [5, 5.41) is 13.0. The Kier molecular flexibility index (Phi) is 8.13. The number of hydrogen-bond donors (Lipinski definition) is 2. The standard InChI is InChI=1S/C31H36ClF2N5O3/c1-3-27(40)38-9-10-39(18(2)14-38)31(35)24-13-25(32)28(23-7-6-19(33)11-26(23)34)30-29(24)36-20(16-42-30)5-4-8-37-15-22-12-21(37)17-41-22/h3,6-7,11,13,18,20-22,35-36H,1,4-5,8-10,12,14-17H2,2H3/t18-,20?,21-,22-/m0/s1. The van der Waals surface area contributed by atoms with Gasteiger partial charge in [0.2, 0.25) is 5.91 Å². The number of piperazine rings is 1. The van der Waals surface area contributed by atoms with Gasteiger partial charge in [-0.1, -0.05) is 18.2 Å². The van der Waals surface area contributed by atoms with Gasteiger partial charge in [0.25, 0.3) is 0 Å². The average molecular weight is 600 g/mol. The molecule has 1 amide bonds. The number of hydrogen-bond acceptors (Lipinski definition) is 6. The van der Waals surface area contributed by atoms with Crippen LogP contribution in [0.25, 0.3) is 11.1 Å². The molecule has 2 aromatic carbocycles. The number of fused-ring (bicyclic) bond motifs is 3. The summed E-state index contributed by atoms with van der Waals surface area (Å²) in [6.45, 7) is 10.1. The lowest BCUT2D eigenvalue weighted by atomic mass is 9.96. The van der Waals surface area contributed by atoms with Crippen LogP contribution in [0.1, 0.15) is 31.7 Å². The zero-order valence-corrected chi connectivity index (χ0v) is 24.4. The summed E-state index contributed by atoms with van der Waals surface area (Å²) >= 11 is 6.78. The first-order chi connectivity index (χ1) is 20.2. The van der Waals surface area contributed by atoms with Crippen LogP contribution in [-0.4, -0.2) is 96.6 Å². The molecule has 3 fully saturated rings. The Hall–Kier alpha value is -3.21. The van der Waals surface area contributed by atoms with Crippen LogP contribution in [0.15, 0.2) is 36.9 Å². The highest BCUT2D eigenvalue weighted by atomic mass is 35.5. The molecule has 0 aliphatic carbocycles. The van der Waals surface area contributed by atoms with Gasteiger partial charge in [-0.2, -0.15) is 0 Å². The van der Waals surface area contributed by atoms with Crippen molar-refractivity contribution in [3.63, 3.8) is 0 Å². The number of anilines is 1. The van der Waals surface area contributed by atoms with Crippen molar-refractivity contribution in [2.75, 3.05) is 51.3 Å². The van der Waals surface area contributed by atoms with E-state index in [0.717, 1.165) is 45.0 Å². The molecule has 1 unspecified atom stereocenters. The molecule has 2 N–H and O–H groups in total. The van der Waals surface area contributed by atoms with Gasteiger partial charge in [-0.3, -0.25) is 15.1 Å². The molecular formula is C31H36ClF2N5O3. The van der Waals surface area contributed by atoms with Crippen molar-refractivity contribution in [2.45, 2.75) is 50.4 Å². The lowest BCUT2D eigenvalue weighted by Crippen LogP contribution is -2.55. The van der Waals surface area contributed by atoms with E-state index < -0.39 is 11.6 Å². The van der Waals surface area contributed by atoms with Gasteiger partial charge >= 0.3 is 0 Å². The molecule has 0 spiro atoms. The Morgan fingerprint density at radius 2 is 2.07 bits per heavy atom. The van der Waals surface area contributed by atoms with Crippen LogP contribution in [0.4, 0.5) is 14.5 Å². The van der Waals surface area contributed by atoms with E-state index in [1.54, 1.807) is 11.0 Å². The van der Waals surface area contributed by atoms with E-state index in [1.165, 1.54) is 18.2 Å². The first kappa shape index (κ1) is 28.9. The molecule has 42 heavy (non-hydrogen) atoms. The SMILES string of the molecule is C=CC(=O)N1CCN(C(=N)c2cc(Cl)c(-c3ccc(F)cc3F)c3c2NC(CCCN2C[C@@H]4C[C@H]2CO4)CO3)[C@@H](C)C1. The Morgan fingerprint density at radius 3 is 2.76 bits per heavy atom. The maximum atomic E-state index is 15.0. The maximum absolute atomic E-state index is 15.0. The number of likely N-dealkylation sites (tertiary alicyclic amines) is 1. The Labute approximate surface area is 249 Å². The zero-order valence-electron chi connectivity index (χ0n) is 23.7. The average Bonchev–Trinajstić information content (AvgIpc) is 3.60. The summed E-state index contributed by atoms with van der Waals surface area (Å²) in [7, 11) is 0. The smallest absolute Gasteiger partial charge is 0.246 e. The molecule has 224 valence electrons. The summed E-state index contributed by atoms with van der Waals surface area (Å²) in [5.74, 6) is -0.965. The number of halogens is 3. The number of amides is 1. The Balaban J connectivity index is 1.28. The van der Waals surface area contributed by atoms with Gasteiger partial charge in [0.1, 0.15) is 24.1 Å². The van der Waals surface area contributed by atoms with E-state index in [0.29, 0.717) is 61.0 Å². The second kappa shape index (κ2) is 11.8. The summed E-state index contributed by atoms with van der Waals surface area (Å²) in [4.78, 5) is 18.3. The minimum atomic E-state index is -0.742. The van der Waals surface area contributed by atoms with Crippen molar-refractivity contribution in [3.05, 3.63) is 59.1 Å².